The molecule has 4 aromatic rings. The molecule has 0 spiro atoms. The number of aliphatic hydroxyl groups is 1. The number of aromatic nitrogens is 5. The summed E-state index contributed by atoms with van der Waals surface area (Å²) in [6.07, 6.45) is 8.88. The van der Waals surface area contributed by atoms with Crippen molar-refractivity contribution in [2.75, 3.05) is 45.6 Å². The number of carbonyl (C=O) groups is 1. The summed E-state index contributed by atoms with van der Waals surface area (Å²) in [5.41, 5.74) is 6.17. The van der Waals surface area contributed by atoms with Gasteiger partial charge in [0.15, 0.2) is 0 Å². The number of nitrogens with zero attached hydrogens (tertiary/aromatic N) is 7. The molecular formula is C33H44N8O2. The largest absolute Gasteiger partial charge is 0.393 e. The zero-order valence-electron chi connectivity index (χ0n) is 25.8. The number of aliphatic hydroxyl groups excluding tert-OH is 1. The van der Waals surface area contributed by atoms with Gasteiger partial charge in [-0.2, -0.15) is 5.10 Å². The molecule has 1 amide bonds. The van der Waals surface area contributed by atoms with E-state index in [1.807, 2.05) is 32.3 Å². The lowest BCUT2D eigenvalue weighted by molar-refractivity contribution is 0.102. The Labute approximate surface area is 253 Å². The van der Waals surface area contributed by atoms with Gasteiger partial charge in [0.2, 0.25) is 5.95 Å². The van der Waals surface area contributed by atoms with E-state index in [0.29, 0.717) is 23.1 Å². The Balaban J connectivity index is 1.28. The predicted octanol–water partition coefficient (Wildman–Crippen LogP) is 4.61. The predicted molar refractivity (Wildman–Crippen MR) is 169 cm³/mol. The van der Waals surface area contributed by atoms with E-state index >= 15 is 0 Å². The zero-order valence-corrected chi connectivity index (χ0v) is 25.8. The first kappa shape index (κ1) is 29.5. The normalized spacial score (nSPS) is 20.2. The maximum Gasteiger partial charge on any atom is 0.258 e. The van der Waals surface area contributed by atoms with Crippen LogP contribution in [0.3, 0.4) is 0 Å². The van der Waals surface area contributed by atoms with Gasteiger partial charge in [-0.25, -0.2) is 4.98 Å². The van der Waals surface area contributed by atoms with Crippen LogP contribution in [0.5, 0.6) is 0 Å². The summed E-state index contributed by atoms with van der Waals surface area (Å²) in [6, 6.07) is 10.4. The minimum absolute atomic E-state index is 0.164. The highest BCUT2D eigenvalue weighted by atomic mass is 16.3. The fourth-order valence-corrected chi connectivity index (χ4v) is 6.64. The van der Waals surface area contributed by atoms with Gasteiger partial charge in [-0.15, -0.1) is 0 Å². The number of hydrogen-bond acceptors (Lipinski definition) is 7. The first-order chi connectivity index (χ1) is 20.7. The molecule has 43 heavy (non-hydrogen) atoms. The molecule has 228 valence electrons. The Bertz CT molecular complexity index is 1580. The number of benzene rings is 1. The van der Waals surface area contributed by atoms with Crippen LogP contribution in [0.1, 0.15) is 72.1 Å². The number of fused-ring (bicyclic) bond motifs is 1. The van der Waals surface area contributed by atoms with Crippen molar-refractivity contribution in [1.29, 1.82) is 0 Å². The monoisotopic (exact) mass is 584 g/mol. The molecule has 0 bridgehead atoms. The van der Waals surface area contributed by atoms with Crippen LogP contribution in [0.2, 0.25) is 0 Å². The number of rotatable bonds is 8. The molecule has 10 heteroatoms. The van der Waals surface area contributed by atoms with Crippen molar-refractivity contribution in [2.45, 2.75) is 63.5 Å². The second-order valence-corrected chi connectivity index (χ2v) is 12.7. The van der Waals surface area contributed by atoms with Crippen molar-refractivity contribution in [3.63, 3.8) is 0 Å². The molecular weight excluding hydrogens is 540 g/mol. The van der Waals surface area contributed by atoms with Crippen molar-refractivity contribution >= 4 is 22.9 Å². The molecule has 6 rings (SSSR count). The molecule has 0 atom stereocenters. The van der Waals surface area contributed by atoms with Crippen molar-refractivity contribution < 1.29 is 9.90 Å². The molecule has 2 aliphatic rings. The number of nitrogens with one attached hydrogen (secondary N) is 1. The van der Waals surface area contributed by atoms with Gasteiger partial charge in [-0.1, -0.05) is 6.07 Å². The number of hydrogen-bond donors (Lipinski definition) is 2. The van der Waals surface area contributed by atoms with Crippen LogP contribution in [-0.4, -0.2) is 91.5 Å². The van der Waals surface area contributed by atoms with Crippen LogP contribution >= 0.6 is 0 Å². The second-order valence-electron chi connectivity index (χ2n) is 12.7. The molecule has 3 aromatic heterocycles. The number of aryl methyl sites for hydroxylation is 2. The van der Waals surface area contributed by atoms with Crippen molar-refractivity contribution in [1.82, 2.24) is 34.1 Å². The van der Waals surface area contributed by atoms with E-state index in [2.05, 4.69) is 62.1 Å². The van der Waals surface area contributed by atoms with E-state index in [4.69, 9.17) is 4.98 Å². The van der Waals surface area contributed by atoms with Crippen LogP contribution in [-0.2, 0) is 7.05 Å². The number of pyridine rings is 1. The highest BCUT2D eigenvalue weighted by Gasteiger charge is 2.27. The fraction of sp³-hybridized carbons (Fsp3) is 0.515. The van der Waals surface area contributed by atoms with Gasteiger partial charge in [0, 0.05) is 49.2 Å². The zero-order chi connectivity index (χ0) is 30.1. The minimum Gasteiger partial charge on any atom is -0.393 e. The van der Waals surface area contributed by atoms with Gasteiger partial charge in [0.1, 0.15) is 0 Å². The summed E-state index contributed by atoms with van der Waals surface area (Å²) in [5.74, 6) is 0.864. The summed E-state index contributed by atoms with van der Waals surface area (Å²) in [6.45, 7) is 6.33. The Morgan fingerprint density at radius 1 is 1.05 bits per heavy atom. The molecule has 1 saturated carbocycles. The lowest BCUT2D eigenvalue weighted by atomic mass is 9.89. The van der Waals surface area contributed by atoms with Crippen LogP contribution < -0.4 is 5.32 Å². The van der Waals surface area contributed by atoms with E-state index in [1.165, 1.54) is 5.56 Å². The van der Waals surface area contributed by atoms with Gasteiger partial charge < -0.3 is 19.5 Å². The lowest BCUT2D eigenvalue weighted by Gasteiger charge is -2.33. The molecule has 0 radical (unpaired) electrons. The van der Waals surface area contributed by atoms with Crippen LogP contribution in [0.15, 0.2) is 42.7 Å². The van der Waals surface area contributed by atoms with E-state index in [-0.39, 0.29) is 18.1 Å². The number of carbonyl (C=O) groups excluding carboxylic acids is 1. The average molecular weight is 585 g/mol. The van der Waals surface area contributed by atoms with Gasteiger partial charge in [-0.05, 0) is 108 Å². The quantitative estimate of drug-likeness (QED) is 0.312. The molecule has 1 aromatic carbocycles. The maximum absolute atomic E-state index is 13.7. The van der Waals surface area contributed by atoms with Crippen LogP contribution in [0, 0.1) is 6.92 Å². The van der Waals surface area contributed by atoms with Crippen molar-refractivity contribution in [3.8, 4) is 11.3 Å². The van der Waals surface area contributed by atoms with Gasteiger partial charge in [0.05, 0.1) is 29.0 Å². The molecule has 0 unspecified atom stereocenters. The minimum atomic E-state index is -0.261. The van der Waals surface area contributed by atoms with Gasteiger partial charge >= 0.3 is 0 Å². The van der Waals surface area contributed by atoms with Crippen LogP contribution in [0.25, 0.3) is 22.3 Å². The van der Waals surface area contributed by atoms with E-state index in [1.54, 1.807) is 10.9 Å². The Hall–Kier alpha value is -3.60. The van der Waals surface area contributed by atoms with Gasteiger partial charge in [-0.3, -0.25) is 19.8 Å². The highest BCUT2D eigenvalue weighted by molar-refractivity contribution is 6.04. The number of amides is 1. The molecule has 1 aliphatic heterocycles. The van der Waals surface area contributed by atoms with Crippen LogP contribution in [0.4, 0.5) is 5.95 Å². The Kier molecular flexibility index (Phi) is 8.61. The smallest absolute Gasteiger partial charge is 0.258 e. The number of likely N-dealkylation sites (tertiary alicyclic amines) is 1. The molecule has 2 fully saturated rings. The average Bonchev–Trinajstić information content (AvgIpc) is 3.59. The summed E-state index contributed by atoms with van der Waals surface area (Å²) in [4.78, 5) is 28.1. The van der Waals surface area contributed by atoms with Crippen molar-refractivity contribution in [3.05, 3.63) is 59.5 Å². The molecule has 2 N–H and O–H groups in total. The third-order valence-corrected chi connectivity index (χ3v) is 9.11. The molecule has 10 nitrogen and oxygen atoms in total. The SMILES string of the molecule is Cc1cc(C(=O)Nc2nc3ccc(C4CCN(CCN(C)C)CC4)cc3n2[C@H]2CC[C@@H](O)CC2)cc(-c2cnn(C)c2)n1. The molecule has 4 heterocycles. The lowest BCUT2D eigenvalue weighted by Crippen LogP contribution is -2.37. The summed E-state index contributed by atoms with van der Waals surface area (Å²) >= 11 is 0. The second kappa shape index (κ2) is 12.6. The first-order valence-corrected chi connectivity index (χ1v) is 15.6. The van der Waals surface area contributed by atoms with E-state index in [9.17, 15) is 9.90 Å². The third-order valence-electron chi connectivity index (χ3n) is 9.11. The number of likely N-dealkylation sites (N-methyl/N-ethyl adjacent to an activating group) is 1. The number of anilines is 1. The summed E-state index contributed by atoms with van der Waals surface area (Å²) < 4.78 is 3.95. The molecule has 1 aliphatic carbocycles. The highest BCUT2D eigenvalue weighted by Crippen LogP contribution is 2.37. The molecule has 1 saturated heterocycles. The summed E-state index contributed by atoms with van der Waals surface area (Å²) in [5, 5.41) is 17.7. The third kappa shape index (κ3) is 6.66. The summed E-state index contributed by atoms with van der Waals surface area (Å²) in [7, 11) is 6.13. The van der Waals surface area contributed by atoms with E-state index < -0.39 is 0 Å². The van der Waals surface area contributed by atoms with Gasteiger partial charge in [0.25, 0.3) is 5.91 Å². The maximum atomic E-state index is 13.7. The Morgan fingerprint density at radius 3 is 2.51 bits per heavy atom. The fourth-order valence-electron chi connectivity index (χ4n) is 6.64. The van der Waals surface area contributed by atoms with Crippen molar-refractivity contribution in [2.24, 2.45) is 7.05 Å². The standard InChI is InChI=1S/C33H44N8O2/c1-22-17-25(18-30(35-22)26-20-34-39(4)21-26)32(43)37-33-36-29-10-5-24(23-11-13-40(14-12-23)16-15-38(2)3)19-31(29)41(33)27-6-8-28(42)9-7-27/h5,10,17-21,23,27-28,42H,6-9,11-16H2,1-4H3,(H,36,37,43)/t27-,28+. The Morgan fingerprint density at radius 2 is 1.81 bits per heavy atom. The number of piperidine rings is 1. The topological polar surface area (TPSA) is 104 Å². The number of imidazole rings is 1. The van der Waals surface area contributed by atoms with E-state index in [0.717, 1.165) is 87.0 Å². The first-order valence-electron chi connectivity index (χ1n) is 15.6.